The van der Waals surface area contributed by atoms with Crippen LogP contribution >= 0.6 is 0 Å². The number of phenolic OH excluding ortho intramolecular Hbond substituents is 1. The summed E-state index contributed by atoms with van der Waals surface area (Å²) in [6, 6.07) is 6.91. The Morgan fingerprint density at radius 1 is 1.12 bits per heavy atom. The molecular formula is C25H26F3NO5. The number of hydrogen-bond donors (Lipinski definition) is 1. The summed E-state index contributed by atoms with van der Waals surface area (Å²) in [4.78, 5) is 15.5. The predicted octanol–water partition coefficient (Wildman–Crippen LogP) is 5.58. The molecule has 1 aromatic heterocycles. The van der Waals surface area contributed by atoms with Gasteiger partial charge in [-0.2, -0.15) is 13.2 Å². The minimum atomic E-state index is -4.95. The van der Waals surface area contributed by atoms with E-state index in [1.54, 1.807) is 0 Å². The van der Waals surface area contributed by atoms with Crippen molar-refractivity contribution in [3.8, 4) is 28.4 Å². The molecule has 0 radical (unpaired) electrons. The smallest absolute Gasteiger partial charge is 0.450 e. The number of rotatable bonds is 5. The summed E-state index contributed by atoms with van der Waals surface area (Å²) in [5, 5.41) is 10.5. The average Bonchev–Trinajstić information content (AvgIpc) is 2.81. The van der Waals surface area contributed by atoms with Crippen molar-refractivity contribution in [2.24, 2.45) is 0 Å². The molecule has 1 saturated heterocycles. The Morgan fingerprint density at radius 3 is 2.50 bits per heavy atom. The van der Waals surface area contributed by atoms with Gasteiger partial charge in [0.25, 0.3) is 0 Å². The molecule has 1 aliphatic rings. The Kier molecular flexibility index (Phi) is 6.49. The van der Waals surface area contributed by atoms with E-state index in [0.717, 1.165) is 25.8 Å². The molecule has 1 aliphatic heterocycles. The van der Waals surface area contributed by atoms with E-state index in [0.29, 0.717) is 5.75 Å². The van der Waals surface area contributed by atoms with Crippen LogP contribution in [-0.4, -0.2) is 36.8 Å². The third kappa shape index (κ3) is 4.32. The molecule has 2 heterocycles. The topological polar surface area (TPSA) is 72.1 Å². The molecule has 1 N–H and O–H groups in total. The van der Waals surface area contributed by atoms with Gasteiger partial charge in [-0.05, 0) is 56.1 Å². The molecule has 0 aliphatic carbocycles. The largest absolute Gasteiger partial charge is 0.507 e. The molecule has 4 rings (SSSR count). The molecule has 6 nitrogen and oxygen atoms in total. The van der Waals surface area contributed by atoms with Crippen LogP contribution < -0.4 is 14.9 Å². The second kappa shape index (κ2) is 9.21. The molecule has 0 amide bonds. The van der Waals surface area contributed by atoms with Crippen molar-refractivity contribution in [3.63, 3.8) is 0 Å². The first-order valence-corrected chi connectivity index (χ1v) is 11.0. The van der Waals surface area contributed by atoms with Gasteiger partial charge in [-0.1, -0.05) is 12.5 Å². The highest BCUT2D eigenvalue weighted by molar-refractivity contribution is 5.87. The monoisotopic (exact) mass is 477 g/mol. The lowest BCUT2D eigenvalue weighted by Crippen LogP contribution is -2.36. The van der Waals surface area contributed by atoms with E-state index >= 15 is 0 Å². The van der Waals surface area contributed by atoms with Crippen LogP contribution in [0.2, 0.25) is 0 Å². The Morgan fingerprint density at radius 2 is 1.85 bits per heavy atom. The molecule has 3 aromatic rings. The van der Waals surface area contributed by atoms with Gasteiger partial charge in [-0.25, -0.2) is 0 Å². The first-order chi connectivity index (χ1) is 16.2. The van der Waals surface area contributed by atoms with E-state index in [9.17, 15) is 23.1 Å². The van der Waals surface area contributed by atoms with Crippen LogP contribution in [-0.2, 0) is 12.7 Å². The van der Waals surface area contributed by atoms with Gasteiger partial charge >= 0.3 is 6.18 Å². The van der Waals surface area contributed by atoms with E-state index in [4.69, 9.17) is 13.9 Å². The summed E-state index contributed by atoms with van der Waals surface area (Å²) in [7, 11) is 2.76. The number of alkyl halides is 3. The number of halogens is 3. The summed E-state index contributed by atoms with van der Waals surface area (Å²) < 4.78 is 58.3. The fraction of sp³-hybridized carbons (Fsp3) is 0.400. The predicted molar refractivity (Wildman–Crippen MR) is 121 cm³/mol. The van der Waals surface area contributed by atoms with Crippen LogP contribution in [0.25, 0.3) is 22.1 Å². The molecule has 0 bridgehead atoms. The van der Waals surface area contributed by atoms with Gasteiger partial charge in [0.05, 0.1) is 30.7 Å². The fourth-order valence-electron chi connectivity index (χ4n) is 4.51. The van der Waals surface area contributed by atoms with E-state index in [1.165, 1.54) is 44.6 Å². The van der Waals surface area contributed by atoms with Crippen LogP contribution in [0.4, 0.5) is 13.2 Å². The maximum absolute atomic E-state index is 14.2. The minimum absolute atomic E-state index is 0.0140. The zero-order valence-electron chi connectivity index (χ0n) is 19.2. The third-order valence-electron chi connectivity index (χ3n) is 6.37. The summed E-state index contributed by atoms with van der Waals surface area (Å²) in [5.41, 5.74) is -1.55. The molecule has 1 atom stereocenters. The third-order valence-corrected chi connectivity index (χ3v) is 6.37. The highest BCUT2D eigenvalue weighted by atomic mass is 19.4. The van der Waals surface area contributed by atoms with Crippen LogP contribution in [0.3, 0.4) is 0 Å². The lowest BCUT2D eigenvalue weighted by atomic mass is 9.98. The molecular weight excluding hydrogens is 451 g/mol. The van der Waals surface area contributed by atoms with Crippen LogP contribution in [0, 0.1) is 0 Å². The Labute approximate surface area is 194 Å². The second-order valence-corrected chi connectivity index (χ2v) is 8.46. The van der Waals surface area contributed by atoms with E-state index < -0.39 is 22.9 Å². The van der Waals surface area contributed by atoms with Crippen molar-refractivity contribution in [2.45, 2.75) is 44.9 Å². The van der Waals surface area contributed by atoms with Gasteiger partial charge in [-0.3, -0.25) is 9.69 Å². The summed E-state index contributed by atoms with van der Waals surface area (Å²) in [6.07, 6.45) is -1.97. The number of likely N-dealkylation sites (tertiary alicyclic amines) is 1. The van der Waals surface area contributed by atoms with Crippen LogP contribution in [0.1, 0.15) is 37.5 Å². The van der Waals surface area contributed by atoms with Crippen LogP contribution in [0.5, 0.6) is 17.2 Å². The summed E-state index contributed by atoms with van der Waals surface area (Å²) >= 11 is 0. The van der Waals surface area contributed by atoms with Gasteiger partial charge in [0.1, 0.15) is 11.3 Å². The van der Waals surface area contributed by atoms with Crippen molar-refractivity contribution >= 4 is 11.0 Å². The fourth-order valence-corrected chi connectivity index (χ4v) is 4.51. The van der Waals surface area contributed by atoms with Crippen molar-refractivity contribution in [1.29, 1.82) is 0 Å². The number of methoxy groups -OCH3 is 2. The molecule has 0 saturated carbocycles. The molecule has 9 heteroatoms. The maximum Gasteiger partial charge on any atom is 0.450 e. The van der Waals surface area contributed by atoms with Crippen molar-refractivity contribution in [1.82, 2.24) is 4.90 Å². The normalized spacial score (nSPS) is 17.2. The lowest BCUT2D eigenvalue weighted by Gasteiger charge is -2.33. The first kappa shape index (κ1) is 23.9. The zero-order valence-corrected chi connectivity index (χ0v) is 19.2. The summed E-state index contributed by atoms with van der Waals surface area (Å²) in [5.74, 6) is -1.14. The highest BCUT2D eigenvalue weighted by Gasteiger charge is 2.40. The van der Waals surface area contributed by atoms with Gasteiger partial charge < -0.3 is 19.0 Å². The number of ether oxygens (including phenoxy) is 2. The SMILES string of the molecule is COc1ccc(-c2c(C(F)(F)F)oc3c(CN4CCCC[C@@H]4C)c(O)ccc3c2=O)cc1OC. The van der Waals surface area contributed by atoms with Gasteiger partial charge in [-0.15, -0.1) is 0 Å². The van der Waals surface area contributed by atoms with Gasteiger partial charge in [0.2, 0.25) is 11.2 Å². The number of aromatic hydroxyl groups is 1. The quantitative estimate of drug-likeness (QED) is 0.518. The average molecular weight is 477 g/mol. The lowest BCUT2D eigenvalue weighted by molar-refractivity contribution is -0.152. The standard InChI is InChI=1S/C25H26F3NO5/c1-14-6-4-5-11-29(14)13-17-18(30)9-8-16-22(31)21(24(25(26,27)28)34-23(16)17)15-7-10-19(32-2)20(12-15)33-3/h7-10,12,14,30H,4-6,11,13H2,1-3H3/t14-/m0/s1. The molecule has 0 spiro atoms. The van der Waals surface area contributed by atoms with E-state index in [1.807, 2.05) is 6.92 Å². The van der Waals surface area contributed by atoms with Gasteiger partial charge in [0, 0.05) is 12.6 Å². The number of piperidine rings is 1. The molecule has 2 aromatic carbocycles. The molecule has 182 valence electrons. The molecule has 1 fully saturated rings. The number of benzene rings is 2. The van der Waals surface area contributed by atoms with Crippen LogP contribution in [0.15, 0.2) is 39.5 Å². The van der Waals surface area contributed by atoms with Crippen molar-refractivity contribution in [3.05, 3.63) is 51.9 Å². The Balaban J connectivity index is 1.96. The Hall–Kier alpha value is -3.20. The Bertz CT molecular complexity index is 1270. The van der Waals surface area contributed by atoms with E-state index in [-0.39, 0.29) is 46.2 Å². The molecule has 34 heavy (non-hydrogen) atoms. The number of fused-ring (bicyclic) bond motifs is 1. The summed E-state index contributed by atoms with van der Waals surface area (Å²) in [6.45, 7) is 2.96. The van der Waals surface area contributed by atoms with Crippen molar-refractivity contribution < 1.29 is 32.2 Å². The first-order valence-electron chi connectivity index (χ1n) is 11.0. The van der Waals surface area contributed by atoms with E-state index in [2.05, 4.69) is 4.90 Å². The number of phenols is 1. The second-order valence-electron chi connectivity index (χ2n) is 8.46. The van der Waals surface area contributed by atoms with Crippen molar-refractivity contribution in [2.75, 3.05) is 20.8 Å². The van der Waals surface area contributed by atoms with Gasteiger partial charge in [0.15, 0.2) is 11.5 Å². The minimum Gasteiger partial charge on any atom is -0.507 e. The highest BCUT2D eigenvalue weighted by Crippen LogP contribution is 2.41. The molecule has 0 unspecified atom stereocenters. The maximum atomic E-state index is 14.2. The number of nitrogens with zero attached hydrogens (tertiary/aromatic N) is 1. The zero-order chi connectivity index (χ0) is 24.6. The number of hydrogen-bond acceptors (Lipinski definition) is 6.